The Kier molecular flexibility index (Phi) is 3.97. The van der Waals surface area contributed by atoms with Gasteiger partial charge in [0.15, 0.2) is 0 Å². The first-order valence-corrected chi connectivity index (χ1v) is 8.81. The van der Waals surface area contributed by atoms with Crippen LogP contribution in [-0.2, 0) is 0 Å². The first-order chi connectivity index (χ1) is 6.95. The van der Waals surface area contributed by atoms with Crippen molar-refractivity contribution in [2.24, 2.45) is 5.92 Å². The lowest BCUT2D eigenvalue weighted by Gasteiger charge is -2.25. The molecule has 1 nitrogen and oxygen atoms in total. The van der Waals surface area contributed by atoms with Crippen molar-refractivity contribution in [1.82, 2.24) is 0 Å². The molecular formula is C13H22OSi. The average molecular weight is 222 g/mol. The predicted molar refractivity (Wildman–Crippen MR) is 69.8 cm³/mol. The topological polar surface area (TPSA) is 9.23 Å². The van der Waals surface area contributed by atoms with Gasteiger partial charge in [-0.15, -0.1) is 0 Å². The molecule has 0 aromatic heterocycles. The molecule has 0 spiro atoms. The molecule has 0 heterocycles. The van der Waals surface area contributed by atoms with E-state index < -0.39 is 8.07 Å². The lowest BCUT2D eigenvalue weighted by atomic mass is 10.3. The van der Waals surface area contributed by atoms with Crippen LogP contribution in [0.25, 0.3) is 0 Å². The number of rotatable bonds is 4. The maximum Gasteiger partial charge on any atom is 0.118 e. The lowest BCUT2D eigenvalue weighted by molar-refractivity contribution is 0.415. The first kappa shape index (κ1) is 12.3. The second-order valence-electron chi connectivity index (χ2n) is 5.21. The van der Waals surface area contributed by atoms with Gasteiger partial charge in [0.1, 0.15) is 5.75 Å². The van der Waals surface area contributed by atoms with Crippen molar-refractivity contribution in [3.8, 4) is 5.75 Å². The van der Waals surface area contributed by atoms with Gasteiger partial charge in [-0.05, 0) is 18.1 Å². The molecule has 84 valence electrons. The number of hydrogen-bond donors (Lipinski definition) is 0. The maximum absolute atomic E-state index is 5.18. The van der Waals surface area contributed by atoms with E-state index in [-0.39, 0.29) is 0 Å². The Labute approximate surface area is 94.5 Å². The standard InChI is InChI=1S/C13H22OSi/c1-11(2)10-15(4,5)13-8-6-12(14-3)7-9-13/h6-9,11H,10H2,1-5H3. The SMILES string of the molecule is COc1ccc([Si](C)(C)CC(C)C)cc1. The monoisotopic (exact) mass is 222 g/mol. The van der Waals surface area contributed by atoms with E-state index in [9.17, 15) is 0 Å². The molecule has 0 radical (unpaired) electrons. The van der Waals surface area contributed by atoms with Crippen LogP contribution >= 0.6 is 0 Å². The van der Waals surface area contributed by atoms with Gasteiger partial charge < -0.3 is 4.74 Å². The van der Waals surface area contributed by atoms with Crippen LogP contribution in [0, 0.1) is 5.92 Å². The third kappa shape index (κ3) is 3.38. The first-order valence-electron chi connectivity index (χ1n) is 5.60. The van der Waals surface area contributed by atoms with Crippen molar-refractivity contribution < 1.29 is 4.74 Å². The van der Waals surface area contributed by atoms with Crippen LogP contribution in [0.5, 0.6) is 5.75 Å². The molecule has 1 rings (SSSR count). The molecule has 0 aliphatic rings. The van der Waals surface area contributed by atoms with E-state index in [1.807, 2.05) is 0 Å². The van der Waals surface area contributed by atoms with E-state index in [1.165, 1.54) is 11.2 Å². The van der Waals surface area contributed by atoms with Crippen LogP contribution in [0.1, 0.15) is 13.8 Å². The second-order valence-corrected chi connectivity index (χ2v) is 9.96. The zero-order chi connectivity index (χ0) is 11.5. The maximum atomic E-state index is 5.18. The zero-order valence-corrected chi connectivity index (χ0v) is 11.5. The van der Waals surface area contributed by atoms with E-state index in [4.69, 9.17) is 4.74 Å². The Hall–Kier alpha value is -0.763. The van der Waals surface area contributed by atoms with E-state index >= 15 is 0 Å². The Bertz CT molecular complexity index is 301. The molecule has 2 heteroatoms. The van der Waals surface area contributed by atoms with Gasteiger partial charge in [-0.25, -0.2) is 0 Å². The van der Waals surface area contributed by atoms with Crippen LogP contribution in [-0.4, -0.2) is 15.2 Å². The molecule has 0 aliphatic heterocycles. The number of ether oxygens (including phenoxy) is 1. The summed E-state index contributed by atoms with van der Waals surface area (Å²) in [5.41, 5.74) is 0. The Morgan fingerprint density at radius 1 is 1.13 bits per heavy atom. The average Bonchev–Trinajstić information content (AvgIpc) is 2.16. The molecule has 0 saturated carbocycles. The lowest BCUT2D eigenvalue weighted by Crippen LogP contribution is -2.42. The van der Waals surface area contributed by atoms with Crippen LogP contribution < -0.4 is 9.92 Å². The normalized spacial score (nSPS) is 11.9. The minimum absolute atomic E-state index is 0.786. The van der Waals surface area contributed by atoms with Crippen LogP contribution in [0.4, 0.5) is 0 Å². The number of benzene rings is 1. The van der Waals surface area contributed by atoms with Crippen molar-refractivity contribution in [3.63, 3.8) is 0 Å². The quantitative estimate of drug-likeness (QED) is 0.711. The molecule has 1 aromatic rings. The summed E-state index contributed by atoms with van der Waals surface area (Å²) in [7, 11) is 0.480. The molecule has 0 atom stereocenters. The van der Waals surface area contributed by atoms with Gasteiger partial charge in [0.25, 0.3) is 0 Å². The Morgan fingerprint density at radius 2 is 1.67 bits per heavy atom. The van der Waals surface area contributed by atoms with Crippen LogP contribution in [0.2, 0.25) is 19.1 Å². The molecule has 0 aliphatic carbocycles. The third-order valence-electron chi connectivity index (χ3n) is 2.79. The van der Waals surface area contributed by atoms with Gasteiger partial charge in [0, 0.05) is 0 Å². The second kappa shape index (κ2) is 4.84. The van der Waals surface area contributed by atoms with Crippen molar-refractivity contribution in [2.75, 3.05) is 7.11 Å². The highest BCUT2D eigenvalue weighted by atomic mass is 28.3. The highest BCUT2D eigenvalue weighted by molar-refractivity contribution is 6.89. The predicted octanol–water partition coefficient (Wildman–Crippen LogP) is 3.27. The molecule has 1 aromatic carbocycles. The highest BCUT2D eigenvalue weighted by Crippen LogP contribution is 2.18. The van der Waals surface area contributed by atoms with Crippen LogP contribution in [0.3, 0.4) is 0 Å². The summed E-state index contributed by atoms with van der Waals surface area (Å²) >= 11 is 0. The van der Waals surface area contributed by atoms with Gasteiger partial charge in [0.2, 0.25) is 0 Å². The molecule has 0 amide bonds. The highest BCUT2D eigenvalue weighted by Gasteiger charge is 2.24. The van der Waals surface area contributed by atoms with Gasteiger partial charge in [0.05, 0.1) is 15.2 Å². The van der Waals surface area contributed by atoms with Crippen molar-refractivity contribution in [1.29, 1.82) is 0 Å². The van der Waals surface area contributed by atoms with Crippen molar-refractivity contribution in [2.45, 2.75) is 33.0 Å². The fourth-order valence-electron chi connectivity index (χ4n) is 2.18. The van der Waals surface area contributed by atoms with Gasteiger partial charge >= 0.3 is 0 Å². The molecule has 15 heavy (non-hydrogen) atoms. The summed E-state index contributed by atoms with van der Waals surface area (Å²) in [4.78, 5) is 0. The largest absolute Gasteiger partial charge is 0.497 e. The van der Waals surface area contributed by atoms with E-state index in [2.05, 4.69) is 51.2 Å². The molecule has 0 N–H and O–H groups in total. The molecule has 0 unspecified atom stereocenters. The van der Waals surface area contributed by atoms with Crippen LogP contribution in [0.15, 0.2) is 24.3 Å². The molecule has 0 saturated heterocycles. The summed E-state index contributed by atoms with van der Waals surface area (Å²) in [5, 5.41) is 1.52. The molecule has 0 fully saturated rings. The summed E-state index contributed by atoms with van der Waals surface area (Å²) in [5.74, 6) is 1.74. The zero-order valence-electron chi connectivity index (χ0n) is 10.5. The van der Waals surface area contributed by atoms with E-state index in [0.717, 1.165) is 11.7 Å². The minimum Gasteiger partial charge on any atom is -0.497 e. The number of hydrogen-bond acceptors (Lipinski definition) is 1. The smallest absolute Gasteiger partial charge is 0.118 e. The van der Waals surface area contributed by atoms with Crippen molar-refractivity contribution in [3.05, 3.63) is 24.3 Å². The summed E-state index contributed by atoms with van der Waals surface area (Å²) in [6.45, 7) is 9.49. The van der Waals surface area contributed by atoms with Gasteiger partial charge in [-0.2, -0.15) is 0 Å². The molecular weight excluding hydrogens is 200 g/mol. The summed E-state index contributed by atoms with van der Waals surface area (Å²) < 4.78 is 5.18. The third-order valence-corrected chi connectivity index (χ3v) is 6.52. The Balaban J connectivity index is 2.85. The van der Waals surface area contributed by atoms with E-state index in [0.29, 0.717) is 0 Å². The van der Waals surface area contributed by atoms with Crippen molar-refractivity contribution >= 4 is 13.3 Å². The van der Waals surface area contributed by atoms with Gasteiger partial charge in [-0.1, -0.05) is 50.3 Å². The van der Waals surface area contributed by atoms with E-state index in [1.54, 1.807) is 7.11 Å². The Morgan fingerprint density at radius 3 is 2.07 bits per heavy atom. The fraction of sp³-hybridized carbons (Fsp3) is 0.538. The number of methoxy groups -OCH3 is 1. The summed E-state index contributed by atoms with van der Waals surface area (Å²) in [6, 6.07) is 9.95. The minimum atomic E-state index is -1.23. The molecule has 0 bridgehead atoms. The van der Waals surface area contributed by atoms with Gasteiger partial charge in [-0.3, -0.25) is 0 Å². The summed E-state index contributed by atoms with van der Waals surface area (Å²) in [6.07, 6.45) is 0. The fourth-order valence-corrected chi connectivity index (χ4v) is 5.53.